The molecule has 2 heteroatoms. The van der Waals surface area contributed by atoms with E-state index in [0.29, 0.717) is 12.5 Å². The molecule has 0 aromatic carbocycles. The molecular formula is C10H19BrO. The van der Waals surface area contributed by atoms with E-state index < -0.39 is 0 Å². The molecule has 12 heavy (non-hydrogen) atoms. The molecule has 1 N–H and O–H groups in total. The van der Waals surface area contributed by atoms with E-state index in [0.717, 1.165) is 4.83 Å². The Morgan fingerprint density at radius 1 is 1.00 bits per heavy atom. The van der Waals surface area contributed by atoms with Crippen molar-refractivity contribution in [2.24, 2.45) is 5.92 Å². The van der Waals surface area contributed by atoms with Gasteiger partial charge >= 0.3 is 0 Å². The molecule has 1 nitrogen and oxygen atoms in total. The van der Waals surface area contributed by atoms with Gasteiger partial charge in [-0.3, -0.25) is 0 Å². The number of aliphatic hydroxyl groups excluding tert-OH is 1. The van der Waals surface area contributed by atoms with Gasteiger partial charge in [0.15, 0.2) is 0 Å². The van der Waals surface area contributed by atoms with Crippen LogP contribution < -0.4 is 0 Å². The van der Waals surface area contributed by atoms with Gasteiger partial charge in [0.1, 0.15) is 0 Å². The van der Waals surface area contributed by atoms with Crippen molar-refractivity contribution in [3.05, 3.63) is 0 Å². The van der Waals surface area contributed by atoms with Crippen LogP contribution in [0, 0.1) is 5.92 Å². The zero-order valence-corrected chi connectivity index (χ0v) is 9.22. The predicted molar refractivity (Wildman–Crippen MR) is 55.6 cm³/mol. The Morgan fingerprint density at radius 3 is 2.33 bits per heavy atom. The second-order valence-electron chi connectivity index (χ2n) is 3.86. The molecule has 0 heterocycles. The SMILES string of the molecule is OCC1CCCCC(Br)CCC1. The molecule has 0 spiro atoms. The summed E-state index contributed by atoms with van der Waals surface area (Å²) in [4.78, 5) is 0.731. The molecule has 0 aromatic rings. The molecule has 0 aliphatic heterocycles. The number of halogens is 1. The number of hydrogen-bond acceptors (Lipinski definition) is 1. The Hall–Kier alpha value is 0.440. The molecule has 0 aromatic heterocycles. The van der Waals surface area contributed by atoms with E-state index in [1.165, 1.54) is 44.9 Å². The lowest BCUT2D eigenvalue weighted by Crippen LogP contribution is -2.05. The first-order valence-corrected chi connectivity index (χ1v) is 5.99. The smallest absolute Gasteiger partial charge is 0.0459 e. The molecule has 0 bridgehead atoms. The third kappa shape index (κ3) is 3.90. The highest BCUT2D eigenvalue weighted by Gasteiger charge is 2.12. The molecule has 1 fully saturated rings. The summed E-state index contributed by atoms with van der Waals surface area (Å²) in [7, 11) is 0. The van der Waals surface area contributed by atoms with E-state index in [1.54, 1.807) is 0 Å². The van der Waals surface area contributed by atoms with Crippen molar-refractivity contribution >= 4 is 15.9 Å². The lowest BCUT2D eigenvalue weighted by atomic mass is 9.98. The monoisotopic (exact) mass is 234 g/mol. The Morgan fingerprint density at radius 2 is 1.58 bits per heavy atom. The molecule has 0 saturated heterocycles. The highest BCUT2D eigenvalue weighted by atomic mass is 79.9. The normalized spacial score (nSPS) is 33.5. The maximum Gasteiger partial charge on any atom is 0.0459 e. The van der Waals surface area contributed by atoms with E-state index in [9.17, 15) is 0 Å². The van der Waals surface area contributed by atoms with Gasteiger partial charge in [-0.1, -0.05) is 35.2 Å². The van der Waals surface area contributed by atoms with Gasteiger partial charge in [-0.25, -0.2) is 0 Å². The lowest BCUT2D eigenvalue weighted by Gasteiger charge is -2.11. The van der Waals surface area contributed by atoms with Crippen LogP contribution in [0.5, 0.6) is 0 Å². The van der Waals surface area contributed by atoms with Gasteiger partial charge in [0, 0.05) is 11.4 Å². The molecule has 1 aliphatic rings. The van der Waals surface area contributed by atoms with Crippen molar-refractivity contribution in [3.63, 3.8) is 0 Å². The molecule has 0 radical (unpaired) electrons. The predicted octanol–water partition coefficient (Wildman–Crippen LogP) is 3.10. The summed E-state index contributed by atoms with van der Waals surface area (Å²) in [5.74, 6) is 0.586. The highest BCUT2D eigenvalue weighted by molar-refractivity contribution is 9.09. The van der Waals surface area contributed by atoms with Crippen LogP contribution in [0.3, 0.4) is 0 Å². The van der Waals surface area contributed by atoms with E-state index >= 15 is 0 Å². The van der Waals surface area contributed by atoms with E-state index in [4.69, 9.17) is 5.11 Å². The zero-order valence-electron chi connectivity index (χ0n) is 7.64. The van der Waals surface area contributed by atoms with Crippen molar-refractivity contribution in [3.8, 4) is 0 Å². The summed E-state index contributed by atoms with van der Waals surface area (Å²) in [5.41, 5.74) is 0. The van der Waals surface area contributed by atoms with Gasteiger partial charge in [-0.05, 0) is 31.6 Å². The van der Waals surface area contributed by atoms with Crippen LogP contribution in [-0.4, -0.2) is 16.5 Å². The molecule has 1 aliphatic carbocycles. The summed E-state index contributed by atoms with van der Waals surface area (Å²) >= 11 is 3.69. The minimum absolute atomic E-state index is 0.396. The zero-order chi connectivity index (χ0) is 8.81. The lowest BCUT2D eigenvalue weighted by molar-refractivity contribution is 0.207. The standard InChI is InChI=1S/C10H19BrO/c11-10-6-2-1-4-9(8-12)5-3-7-10/h9-10,12H,1-8H2. The maximum atomic E-state index is 9.05. The van der Waals surface area contributed by atoms with Gasteiger partial charge in [-0.15, -0.1) is 0 Å². The minimum Gasteiger partial charge on any atom is -0.396 e. The molecule has 2 unspecified atom stereocenters. The van der Waals surface area contributed by atoms with Crippen LogP contribution in [0.25, 0.3) is 0 Å². The van der Waals surface area contributed by atoms with E-state index in [-0.39, 0.29) is 0 Å². The van der Waals surface area contributed by atoms with Crippen LogP contribution >= 0.6 is 15.9 Å². The average molecular weight is 235 g/mol. The number of alkyl halides is 1. The van der Waals surface area contributed by atoms with Crippen LogP contribution in [0.2, 0.25) is 0 Å². The Kier molecular flexibility index (Phi) is 5.24. The van der Waals surface area contributed by atoms with Crippen LogP contribution in [0.1, 0.15) is 44.9 Å². The number of rotatable bonds is 1. The molecular weight excluding hydrogens is 216 g/mol. The summed E-state index contributed by atoms with van der Waals surface area (Å²) in [6.07, 6.45) is 8.96. The molecule has 72 valence electrons. The molecule has 0 amide bonds. The van der Waals surface area contributed by atoms with Crippen LogP contribution in [0.4, 0.5) is 0 Å². The quantitative estimate of drug-likeness (QED) is 0.692. The first-order valence-electron chi connectivity index (χ1n) is 5.08. The van der Waals surface area contributed by atoms with Crippen molar-refractivity contribution in [1.29, 1.82) is 0 Å². The van der Waals surface area contributed by atoms with Crippen molar-refractivity contribution in [1.82, 2.24) is 0 Å². The van der Waals surface area contributed by atoms with Gasteiger partial charge in [-0.2, -0.15) is 0 Å². The first kappa shape index (κ1) is 10.5. The summed E-state index contributed by atoms with van der Waals surface area (Å²) in [5, 5.41) is 9.05. The van der Waals surface area contributed by atoms with E-state index in [2.05, 4.69) is 15.9 Å². The van der Waals surface area contributed by atoms with Crippen molar-refractivity contribution in [2.45, 2.75) is 49.8 Å². The topological polar surface area (TPSA) is 20.2 Å². The maximum absolute atomic E-state index is 9.05. The van der Waals surface area contributed by atoms with Crippen molar-refractivity contribution < 1.29 is 5.11 Å². The number of hydrogen-bond donors (Lipinski definition) is 1. The Bertz CT molecular complexity index is 116. The van der Waals surface area contributed by atoms with Gasteiger partial charge in [0.25, 0.3) is 0 Å². The fraction of sp³-hybridized carbons (Fsp3) is 1.00. The fourth-order valence-corrected chi connectivity index (χ4v) is 2.55. The van der Waals surface area contributed by atoms with Gasteiger partial charge in [0.2, 0.25) is 0 Å². The summed E-state index contributed by atoms with van der Waals surface area (Å²) in [6, 6.07) is 0. The van der Waals surface area contributed by atoms with Crippen LogP contribution in [0.15, 0.2) is 0 Å². The minimum atomic E-state index is 0.396. The van der Waals surface area contributed by atoms with E-state index in [1.807, 2.05) is 0 Å². The molecule has 1 saturated carbocycles. The second kappa shape index (κ2) is 5.98. The third-order valence-corrected chi connectivity index (χ3v) is 3.68. The molecule has 2 atom stereocenters. The van der Waals surface area contributed by atoms with Gasteiger partial charge < -0.3 is 5.11 Å². The number of aliphatic hydroxyl groups is 1. The third-order valence-electron chi connectivity index (χ3n) is 2.77. The fourth-order valence-electron chi connectivity index (χ4n) is 1.90. The Labute approximate surface area is 83.7 Å². The second-order valence-corrected chi connectivity index (χ2v) is 5.16. The van der Waals surface area contributed by atoms with Gasteiger partial charge in [0.05, 0.1) is 0 Å². The highest BCUT2D eigenvalue weighted by Crippen LogP contribution is 2.24. The average Bonchev–Trinajstić information content (AvgIpc) is 2.17. The Balaban J connectivity index is 2.26. The molecule has 1 rings (SSSR count). The summed E-state index contributed by atoms with van der Waals surface area (Å²) in [6.45, 7) is 0.396. The largest absolute Gasteiger partial charge is 0.396 e. The first-order chi connectivity index (χ1) is 5.83. The van der Waals surface area contributed by atoms with Crippen LogP contribution in [-0.2, 0) is 0 Å². The van der Waals surface area contributed by atoms with Crippen molar-refractivity contribution in [2.75, 3.05) is 6.61 Å². The summed E-state index contributed by atoms with van der Waals surface area (Å²) < 4.78 is 0.